The molecule has 0 spiro atoms. The molecule has 0 bridgehead atoms. The van der Waals surface area contributed by atoms with Gasteiger partial charge >= 0.3 is 5.97 Å². The first-order valence-electron chi connectivity index (χ1n) is 13.9. The van der Waals surface area contributed by atoms with Crippen molar-refractivity contribution in [2.45, 2.75) is 46.7 Å². The smallest absolute Gasteiger partial charge is 0.310 e. The second-order valence-electron chi connectivity index (χ2n) is 11.7. The number of carboxylic acids is 1. The van der Waals surface area contributed by atoms with Gasteiger partial charge in [-0.3, -0.25) is 14.7 Å². The molecule has 0 saturated heterocycles. The molecule has 8 heteroatoms. The molecule has 0 amide bonds. The van der Waals surface area contributed by atoms with Gasteiger partial charge in [0.15, 0.2) is 0 Å². The Morgan fingerprint density at radius 1 is 1.15 bits per heavy atom. The van der Waals surface area contributed by atoms with Crippen LogP contribution in [0.1, 0.15) is 53.1 Å². The fourth-order valence-corrected chi connectivity index (χ4v) is 5.90. The number of aromatic nitrogens is 1. The molecule has 214 valence electrons. The number of ether oxygens (including phenoxy) is 1. The predicted octanol–water partition coefficient (Wildman–Crippen LogP) is 5.38. The van der Waals surface area contributed by atoms with E-state index < -0.39 is 17.3 Å². The number of anilines is 2. The van der Waals surface area contributed by atoms with Crippen LogP contribution in [0.15, 0.2) is 60.9 Å². The summed E-state index contributed by atoms with van der Waals surface area (Å²) in [6, 6.07) is 16.4. The van der Waals surface area contributed by atoms with E-state index in [0.29, 0.717) is 18.0 Å². The van der Waals surface area contributed by atoms with Crippen LogP contribution in [0.4, 0.5) is 11.4 Å². The van der Waals surface area contributed by atoms with Gasteiger partial charge in [0, 0.05) is 55.9 Å². The van der Waals surface area contributed by atoms with Crippen molar-refractivity contribution in [3.63, 3.8) is 0 Å². The number of nitrogens with zero attached hydrogens (tertiary/aromatic N) is 3. The van der Waals surface area contributed by atoms with E-state index in [2.05, 4.69) is 41.1 Å². The summed E-state index contributed by atoms with van der Waals surface area (Å²) in [5, 5.41) is 14.0. The van der Waals surface area contributed by atoms with Crippen LogP contribution in [0.2, 0.25) is 0 Å². The molecule has 1 aliphatic heterocycles. The first-order chi connectivity index (χ1) is 19.5. The molecule has 3 aromatic carbocycles. The van der Waals surface area contributed by atoms with Gasteiger partial charge in [0.25, 0.3) is 0 Å². The molecule has 2 heterocycles. The third-order valence-electron chi connectivity index (χ3n) is 8.48. The van der Waals surface area contributed by atoms with Crippen LogP contribution in [0.25, 0.3) is 10.8 Å². The lowest BCUT2D eigenvalue weighted by atomic mass is 9.69. The van der Waals surface area contributed by atoms with Crippen LogP contribution in [0.3, 0.4) is 0 Å². The van der Waals surface area contributed by atoms with Crippen LogP contribution >= 0.6 is 0 Å². The Labute approximate surface area is 241 Å². The summed E-state index contributed by atoms with van der Waals surface area (Å²) < 4.78 is 6.14. The zero-order valence-electron chi connectivity index (χ0n) is 24.4. The number of benzene rings is 3. The van der Waals surface area contributed by atoms with Crippen LogP contribution in [-0.4, -0.2) is 41.2 Å². The average Bonchev–Trinajstić information content (AvgIpc) is 3.12. The highest BCUT2D eigenvalue weighted by molar-refractivity contribution is 5.84. The van der Waals surface area contributed by atoms with Gasteiger partial charge in [-0.25, -0.2) is 5.84 Å². The van der Waals surface area contributed by atoms with Crippen molar-refractivity contribution in [1.82, 2.24) is 9.88 Å². The zero-order valence-corrected chi connectivity index (χ0v) is 24.4. The van der Waals surface area contributed by atoms with E-state index in [9.17, 15) is 9.90 Å². The number of rotatable bonds is 7. The van der Waals surface area contributed by atoms with Gasteiger partial charge in [0.05, 0.1) is 16.8 Å². The Balaban J connectivity index is 1.52. The maximum Gasteiger partial charge on any atom is 0.310 e. The molecule has 4 aromatic rings. The zero-order chi connectivity index (χ0) is 29.5. The van der Waals surface area contributed by atoms with E-state index in [-0.39, 0.29) is 0 Å². The van der Waals surface area contributed by atoms with Gasteiger partial charge in [-0.05, 0) is 85.2 Å². The Morgan fingerprint density at radius 3 is 2.66 bits per heavy atom. The highest BCUT2D eigenvalue weighted by atomic mass is 16.5. The molecule has 41 heavy (non-hydrogen) atoms. The van der Waals surface area contributed by atoms with E-state index in [1.807, 2.05) is 43.6 Å². The van der Waals surface area contributed by atoms with Gasteiger partial charge < -0.3 is 20.6 Å². The predicted molar refractivity (Wildman–Crippen MR) is 164 cm³/mol. The molecule has 0 saturated carbocycles. The number of fused-ring (bicyclic) bond motifs is 2. The highest BCUT2D eigenvalue weighted by Gasteiger charge is 2.40. The van der Waals surface area contributed by atoms with E-state index in [1.165, 1.54) is 5.01 Å². The lowest BCUT2D eigenvalue weighted by Gasteiger charge is -2.34. The summed E-state index contributed by atoms with van der Waals surface area (Å²) in [6.45, 7) is 10.4. The van der Waals surface area contributed by atoms with Gasteiger partial charge in [-0.1, -0.05) is 24.3 Å². The normalized spacial score (nSPS) is 14.7. The molecule has 5 N–H and O–H groups in total. The topological polar surface area (TPSA) is 118 Å². The van der Waals surface area contributed by atoms with Crippen LogP contribution in [0, 0.1) is 19.3 Å². The van der Waals surface area contributed by atoms with Gasteiger partial charge in [0.2, 0.25) is 0 Å². The lowest BCUT2D eigenvalue weighted by Crippen LogP contribution is -2.33. The van der Waals surface area contributed by atoms with Gasteiger partial charge in [0.1, 0.15) is 12.4 Å². The summed E-state index contributed by atoms with van der Waals surface area (Å²) in [7, 11) is 1.74. The number of hydrazine groups is 1. The SMILES string of the molecule is Cc1ccc(C(c2ccc(N(C)N)c(N)c2C)C(C)(C)C(=O)O)cc1CN1CCOc2cc3cnccc3cc2C1. The third kappa shape index (κ3) is 5.45. The Kier molecular flexibility index (Phi) is 7.64. The van der Waals surface area contributed by atoms with Crippen LogP contribution < -0.4 is 21.3 Å². The number of pyridine rings is 1. The number of hydrogen-bond acceptors (Lipinski definition) is 7. The fraction of sp³-hybridized carbons (Fsp3) is 0.333. The van der Waals surface area contributed by atoms with E-state index in [4.69, 9.17) is 16.3 Å². The molecule has 5 rings (SSSR count). The summed E-state index contributed by atoms with van der Waals surface area (Å²) in [5.74, 6) is 5.60. The number of hydrogen-bond donors (Lipinski definition) is 3. The minimum Gasteiger partial charge on any atom is -0.492 e. The summed E-state index contributed by atoms with van der Waals surface area (Å²) in [6.07, 6.45) is 3.67. The quantitative estimate of drug-likeness (QED) is 0.159. The van der Waals surface area contributed by atoms with E-state index >= 15 is 0 Å². The van der Waals surface area contributed by atoms with Gasteiger partial charge in [-0.15, -0.1) is 0 Å². The number of nitrogens with two attached hydrogens (primary N) is 2. The van der Waals surface area contributed by atoms with Crippen LogP contribution in [-0.2, 0) is 17.9 Å². The van der Waals surface area contributed by atoms with E-state index in [1.54, 1.807) is 20.9 Å². The van der Waals surface area contributed by atoms with Crippen LogP contribution in [0.5, 0.6) is 5.75 Å². The average molecular weight is 554 g/mol. The number of carboxylic acid groups (broad SMARTS) is 1. The Hall–Kier alpha value is -4.14. The molecule has 1 unspecified atom stereocenters. The first kappa shape index (κ1) is 28.4. The van der Waals surface area contributed by atoms with Crippen molar-refractivity contribution >= 4 is 28.1 Å². The number of carbonyl (C=O) groups is 1. The largest absolute Gasteiger partial charge is 0.492 e. The first-order valence-corrected chi connectivity index (χ1v) is 13.9. The molecule has 1 aromatic heterocycles. The standard InChI is InChI=1S/C33H39N5O3/c1-20-6-7-23(30(33(3,4)32(39)40)27-8-9-28(37(5)35)31(34)21(27)2)15-25(20)18-38-12-13-41-29-16-24-17-36-11-10-22(24)14-26(29)19-38/h6-11,14-17,30H,12-13,18-19,34-35H2,1-5H3,(H,39,40). The minimum atomic E-state index is -1.09. The molecule has 0 radical (unpaired) electrons. The Morgan fingerprint density at radius 2 is 1.93 bits per heavy atom. The molecule has 1 atom stereocenters. The van der Waals surface area contributed by atoms with Crippen molar-refractivity contribution in [2.75, 3.05) is 30.9 Å². The second-order valence-corrected chi connectivity index (χ2v) is 11.7. The number of aliphatic carboxylic acids is 1. The minimum absolute atomic E-state index is 0.424. The lowest BCUT2D eigenvalue weighted by molar-refractivity contribution is -0.147. The Bertz CT molecular complexity index is 1610. The molecular weight excluding hydrogens is 514 g/mol. The molecule has 8 nitrogen and oxygen atoms in total. The van der Waals surface area contributed by atoms with Gasteiger partial charge in [-0.2, -0.15) is 0 Å². The molecule has 0 aliphatic carbocycles. The second kappa shape index (κ2) is 11.0. The molecular formula is C33H39N5O3. The van der Waals surface area contributed by atoms with Crippen molar-refractivity contribution in [3.05, 3.63) is 94.3 Å². The maximum atomic E-state index is 12.6. The van der Waals surface area contributed by atoms with E-state index in [0.717, 1.165) is 69.5 Å². The number of aryl methyl sites for hydroxylation is 1. The van der Waals surface area contributed by atoms with Crippen molar-refractivity contribution in [1.29, 1.82) is 0 Å². The third-order valence-corrected chi connectivity index (χ3v) is 8.48. The summed E-state index contributed by atoms with van der Waals surface area (Å²) >= 11 is 0. The number of nitrogen functional groups attached to an aromatic ring is 1. The van der Waals surface area contributed by atoms with Crippen molar-refractivity contribution in [3.8, 4) is 5.75 Å². The fourth-order valence-electron chi connectivity index (χ4n) is 5.90. The summed E-state index contributed by atoms with van der Waals surface area (Å²) in [5.41, 5.74) is 12.8. The summed E-state index contributed by atoms with van der Waals surface area (Å²) in [4.78, 5) is 19.2. The maximum absolute atomic E-state index is 12.6. The van der Waals surface area contributed by atoms with Crippen molar-refractivity contribution < 1.29 is 14.6 Å². The molecule has 0 fully saturated rings. The highest BCUT2D eigenvalue weighted by Crippen LogP contribution is 2.45. The molecule has 1 aliphatic rings. The van der Waals surface area contributed by atoms with Crippen molar-refractivity contribution in [2.24, 2.45) is 11.3 Å². The monoisotopic (exact) mass is 553 g/mol.